The Morgan fingerprint density at radius 2 is 1.85 bits per heavy atom. The molecule has 1 aromatic rings. The monoisotopic (exact) mass is 274 g/mol. The molecule has 0 aliphatic rings. The summed E-state index contributed by atoms with van der Waals surface area (Å²) >= 11 is 0. The van der Waals surface area contributed by atoms with Gasteiger partial charge in [0, 0.05) is 12.1 Å². The topological polar surface area (TPSA) is 90.2 Å². The Bertz CT molecular complexity index is 527. The number of nitrogens with zero attached hydrogens (tertiary/aromatic N) is 1. The van der Waals surface area contributed by atoms with Gasteiger partial charge in [0.25, 0.3) is 0 Å². The third-order valence-electron chi connectivity index (χ3n) is 2.79. The number of carboxylic acid groups (broad SMARTS) is 1. The Morgan fingerprint density at radius 3 is 2.35 bits per heavy atom. The molecule has 0 bridgehead atoms. The quantitative estimate of drug-likeness (QED) is 0.834. The molecule has 20 heavy (non-hydrogen) atoms. The average molecular weight is 274 g/mol. The first-order valence-electron chi connectivity index (χ1n) is 6.30. The lowest BCUT2D eigenvalue weighted by Gasteiger charge is -2.21. The predicted octanol–water partition coefficient (Wildman–Crippen LogP) is 2.58. The number of amides is 1. The zero-order valence-electron chi connectivity index (χ0n) is 11.6. The highest BCUT2D eigenvalue weighted by Crippen LogP contribution is 2.25. The number of aliphatic carboxylic acids is 1. The number of carboxylic acids is 1. The van der Waals surface area contributed by atoms with Crippen molar-refractivity contribution in [1.29, 1.82) is 5.26 Å². The summed E-state index contributed by atoms with van der Waals surface area (Å²) in [6.45, 7) is 3.49. The maximum atomic E-state index is 11.9. The maximum Gasteiger partial charge on any atom is 0.303 e. The van der Waals surface area contributed by atoms with E-state index >= 15 is 0 Å². The van der Waals surface area contributed by atoms with Gasteiger partial charge in [-0.1, -0.05) is 26.0 Å². The van der Waals surface area contributed by atoms with Gasteiger partial charge in [-0.15, -0.1) is 0 Å². The summed E-state index contributed by atoms with van der Waals surface area (Å²) in [7, 11) is 0. The molecule has 0 aliphatic carbocycles. The lowest BCUT2D eigenvalue weighted by molar-refractivity contribution is -0.139. The number of nitriles is 1. The van der Waals surface area contributed by atoms with E-state index < -0.39 is 11.4 Å². The van der Waals surface area contributed by atoms with Crippen molar-refractivity contribution in [2.24, 2.45) is 5.41 Å². The fourth-order valence-electron chi connectivity index (χ4n) is 1.91. The van der Waals surface area contributed by atoms with E-state index in [9.17, 15) is 9.59 Å². The van der Waals surface area contributed by atoms with Crippen LogP contribution in [0.15, 0.2) is 24.3 Å². The van der Waals surface area contributed by atoms with Crippen molar-refractivity contribution in [2.75, 3.05) is 5.32 Å². The molecular formula is C15H18N2O3. The summed E-state index contributed by atoms with van der Waals surface area (Å²) in [5.41, 5.74) is 0.941. The standard InChI is InChI=1S/C15H18N2O3/c1-15(2,10-14(19)20)9-13(18)17-12-5-3-11(4-6-12)7-8-16/h3-6H,7,9-10H2,1-2H3,(H,17,18)(H,19,20). The fourth-order valence-corrected chi connectivity index (χ4v) is 1.91. The molecular weight excluding hydrogens is 256 g/mol. The van der Waals surface area contributed by atoms with Crippen molar-refractivity contribution >= 4 is 17.6 Å². The van der Waals surface area contributed by atoms with Gasteiger partial charge in [-0.3, -0.25) is 9.59 Å². The van der Waals surface area contributed by atoms with Crippen LogP contribution in [0.4, 0.5) is 5.69 Å². The Hall–Kier alpha value is -2.35. The largest absolute Gasteiger partial charge is 0.481 e. The number of hydrogen-bond acceptors (Lipinski definition) is 3. The summed E-state index contributed by atoms with van der Waals surface area (Å²) in [5.74, 6) is -1.13. The summed E-state index contributed by atoms with van der Waals surface area (Å²) < 4.78 is 0. The Morgan fingerprint density at radius 1 is 1.25 bits per heavy atom. The molecule has 2 N–H and O–H groups in total. The summed E-state index contributed by atoms with van der Waals surface area (Å²) in [5, 5.41) is 20.1. The van der Waals surface area contributed by atoms with E-state index in [2.05, 4.69) is 11.4 Å². The molecule has 5 nitrogen and oxygen atoms in total. The van der Waals surface area contributed by atoms with Crippen molar-refractivity contribution in [3.05, 3.63) is 29.8 Å². The van der Waals surface area contributed by atoms with Gasteiger partial charge in [0.2, 0.25) is 5.91 Å². The lowest BCUT2D eigenvalue weighted by Crippen LogP contribution is -2.24. The van der Waals surface area contributed by atoms with E-state index in [1.54, 1.807) is 38.1 Å². The van der Waals surface area contributed by atoms with Crippen LogP contribution in [-0.2, 0) is 16.0 Å². The highest BCUT2D eigenvalue weighted by atomic mass is 16.4. The van der Waals surface area contributed by atoms with Crippen molar-refractivity contribution in [3.8, 4) is 6.07 Å². The highest BCUT2D eigenvalue weighted by Gasteiger charge is 2.25. The zero-order valence-corrected chi connectivity index (χ0v) is 11.6. The molecule has 0 fully saturated rings. The van der Waals surface area contributed by atoms with Gasteiger partial charge >= 0.3 is 5.97 Å². The van der Waals surface area contributed by atoms with E-state index in [0.29, 0.717) is 12.1 Å². The molecule has 1 aromatic carbocycles. The van der Waals surface area contributed by atoms with E-state index in [4.69, 9.17) is 10.4 Å². The minimum atomic E-state index is -0.913. The molecule has 0 spiro atoms. The molecule has 0 saturated carbocycles. The first-order chi connectivity index (χ1) is 9.32. The molecule has 0 radical (unpaired) electrons. The van der Waals surface area contributed by atoms with Gasteiger partial charge in [0.05, 0.1) is 18.9 Å². The van der Waals surface area contributed by atoms with Gasteiger partial charge in [-0.05, 0) is 23.1 Å². The van der Waals surface area contributed by atoms with Gasteiger partial charge in [0.1, 0.15) is 0 Å². The molecule has 0 atom stereocenters. The van der Waals surface area contributed by atoms with Crippen molar-refractivity contribution in [1.82, 2.24) is 0 Å². The van der Waals surface area contributed by atoms with Gasteiger partial charge < -0.3 is 10.4 Å². The Balaban J connectivity index is 2.58. The van der Waals surface area contributed by atoms with Crippen LogP contribution in [0.2, 0.25) is 0 Å². The predicted molar refractivity (Wildman–Crippen MR) is 75.0 cm³/mol. The van der Waals surface area contributed by atoms with Crippen LogP contribution in [0.1, 0.15) is 32.3 Å². The summed E-state index contributed by atoms with van der Waals surface area (Å²) in [6, 6.07) is 9.07. The molecule has 0 unspecified atom stereocenters. The van der Waals surface area contributed by atoms with Crippen LogP contribution in [0.3, 0.4) is 0 Å². The summed E-state index contributed by atoms with van der Waals surface area (Å²) in [6.07, 6.45) is 0.417. The molecule has 5 heteroatoms. The number of carbonyl (C=O) groups excluding carboxylic acids is 1. The normalized spacial score (nSPS) is 10.7. The molecule has 1 amide bonds. The minimum Gasteiger partial charge on any atom is -0.481 e. The van der Waals surface area contributed by atoms with E-state index in [1.807, 2.05) is 0 Å². The second-order valence-electron chi connectivity index (χ2n) is 5.49. The Kier molecular flexibility index (Phi) is 5.27. The van der Waals surface area contributed by atoms with Crippen molar-refractivity contribution < 1.29 is 14.7 Å². The second kappa shape index (κ2) is 6.71. The van der Waals surface area contributed by atoms with E-state index in [0.717, 1.165) is 5.56 Å². The Labute approximate surface area is 118 Å². The number of nitrogens with one attached hydrogen (secondary N) is 1. The first kappa shape index (κ1) is 15.7. The van der Waals surface area contributed by atoms with Gasteiger partial charge in [0.15, 0.2) is 0 Å². The van der Waals surface area contributed by atoms with Gasteiger partial charge in [-0.25, -0.2) is 0 Å². The minimum absolute atomic E-state index is 0.0540. The second-order valence-corrected chi connectivity index (χ2v) is 5.49. The van der Waals surface area contributed by atoms with Crippen LogP contribution in [0.5, 0.6) is 0 Å². The molecule has 106 valence electrons. The number of carbonyl (C=O) groups is 2. The third kappa shape index (κ3) is 5.53. The summed E-state index contributed by atoms with van der Waals surface area (Å²) in [4.78, 5) is 22.6. The number of benzene rings is 1. The zero-order chi connectivity index (χ0) is 15.2. The van der Waals surface area contributed by atoms with Crippen molar-refractivity contribution in [2.45, 2.75) is 33.1 Å². The average Bonchev–Trinajstić information content (AvgIpc) is 2.29. The van der Waals surface area contributed by atoms with Crippen LogP contribution < -0.4 is 5.32 Å². The van der Waals surface area contributed by atoms with E-state index in [1.165, 1.54) is 0 Å². The molecule has 0 heterocycles. The lowest BCUT2D eigenvalue weighted by atomic mass is 9.85. The number of rotatable bonds is 6. The smallest absolute Gasteiger partial charge is 0.303 e. The van der Waals surface area contributed by atoms with Crippen molar-refractivity contribution in [3.63, 3.8) is 0 Å². The first-order valence-corrected chi connectivity index (χ1v) is 6.30. The molecule has 0 saturated heterocycles. The third-order valence-corrected chi connectivity index (χ3v) is 2.79. The highest BCUT2D eigenvalue weighted by molar-refractivity contribution is 5.91. The number of hydrogen-bond donors (Lipinski definition) is 2. The fraction of sp³-hybridized carbons (Fsp3) is 0.400. The molecule has 0 aliphatic heterocycles. The van der Waals surface area contributed by atoms with Crippen LogP contribution in [0.25, 0.3) is 0 Å². The molecule has 0 aromatic heterocycles. The van der Waals surface area contributed by atoms with Crippen LogP contribution in [-0.4, -0.2) is 17.0 Å². The van der Waals surface area contributed by atoms with E-state index in [-0.39, 0.29) is 18.7 Å². The number of anilines is 1. The molecule has 1 rings (SSSR count). The SMILES string of the molecule is CC(C)(CC(=O)O)CC(=O)Nc1ccc(CC#N)cc1. The maximum absolute atomic E-state index is 11.9. The van der Waals surface area contributed by atoms with Crippen LogP contribution in [0, 0.1) is 16.7 Å². The van der Waals surface area contributed by atoms with Gasteiger partial charge in [-0.2, -0.15) is 5.26 Å². The van der Waals surface area contributed by atoms with Crippen LogP contribution >= 0.6 is 0 Å².